The molecule has 0 saturated carbocycles. The van der Waals surface area contributed by atoms with E-state index in [0.29, 0.717) is 11.3 Å². The number of cyclic esters (lactones) is 1. The molecular weight excluding hydrogens is 292 g/mol. The number of hydrogen-bond donors (Lipinski definition) is 1. The van der Waals surface area contributed by atoms with Crippen LogP contribution in [0.3, 0.4) is 0 Å². The fourth-order valence-corrected chi connectivity index (χ4v) is 2.06. The molecule has 2 unspecified atom stereocenters. The summed E-state index contributed by atoms with van der Waals surface area (Å²) in [5.41, 5.74) is 3.30. The fourth-order valence-electron chi connectivity index (χ4n) is 2.06. The van der Waals surface area contributed by atoms with Gasteiger partial charge in [0, 0.05) is 5.54 Å². The number of carbonyl (C=O) groups excluding carboxylic acids is 1. The van der Waals surface area contributed by atoms with Gasteiger partial charge in [-0.25, -0.2) is 9.79 Å². The number of aliphatic imine (C=N–C) groups is 1. The van der Waals surface area contributed by atoms with Crippen molar-refractivity contribution in [3.8, 4) is 0 Å². The van der Waals surface area contributed by atoms with Crippen molar-refractivity contribution in [1.29, 1.82) is 0 Å². The van der Waals surface area contributed by atoms with E-state index < -0.39 is 6.04 Å². The van der Waals surface area contributed by atoms with Crippen LogP contribution in [0, 0.1) is 5.41 Å². The lowest BCUT2D eigenvalue weighted by Gasteiger charge is -2.28. The molecule has 0 bridgehead atoms. The van der Waals surface area contributed by atoms with Crippen molar-refractivity contribution in [3.05, 3.63) is 0 Å². The summed E-state index contributed by atoms with van der Waals surface area (Å²) in [6, 6.07) is -0.425. The van der Waals surface area contributed by atoms with E-state index in [0.717, 1.165) is 12.8 Å². The average molecular weight is 328 g/mol. The van der Waals surface area contributed by atoms with E-state index in [9.17, 15) is 4.79 Å². The molecule has 0 radical (unpaired) electrons. The summed E-state index contributed by atoms with van der Waals surface area (Å²) in [5.74, 6) is 0.0374. The van der Waals surface area contributed by atoms with E-state index in [1.54, 1.807) is 6.92 Å². The third kappa shape index (κ3) is 9.06. The number of nitrogens with one attached hydrogen (secondary N) is 1. The molecule has 5 heteroatoms. The van der Waals surface area contributed by atoms with Gasteiger partial charge in [0.25, 0.3) is 0 Å². The van der Waals surface area contributed by atoms with E-state index in [4.69, 9.17) is 9.57 Å². The number of hydrogen-bond acceptors (Lipinski definition) is 5. The molecule has 1 aliphatic heterocycles. The number of nitrogens with zero attached hydrogens (tertiary/aromatic N) is 1. The molecule has 0 amide bonds. The maximum absolute atomic E-state index is 11.3. The van der Waals surface area contributed by atoms with Crippen LogP contribution in [0.4, 0.5) is 0 Å². The molecule has 0 saturated heterocycles. The van der Waals surface area contributed by atoms with Gasteiger partial charge in [-0.3, -0.25) is 4.84 Å². The maximum atomic E-state index is 11.3. The van der Waals surface area contributed by atoms with Gasteiger partial charge in [-0.1, -0.05) is 41.0 Å². The van der Waals surface area contributed by atoms with Crippen LogP contribution >= 0.6 is 0 Å². The number of esters is 1. The second-order valence-corrected chi connectivity index (χ2v) is 7.72. The third-order valence-electron chi connectivity index (χ3n) is 3.46. The monoisotopic (exact) mass is 328 g/mol. The van der Waals surface area contributed by atoms with E-state index >= 15 is 0 Å². The second-order valence-electron chi connectivity index (χ2n) is 7.72. The van der Waals surface area contributed by atoms with Crippen LogP contribution in [0.1, 0.15) is 81.6 Å². The predicted octanol–water partition coefficient (Wildman–Crippen LogP) is 4.26. The standard InChI is InChI=1S/C16H30N2O3.C2H6/c1-11-14(19)20-13(17-11)12(2)21-18-16(6,7)10-8-9-15(3,4)5;1-2/h11-12,18H,8-10H2,1-7H3;1-2H3. The Bertz CT molecular complexity index is 398. The highest BCUT2D eigenvalue weighted by molar-refractivity contribution is 5.98. The zero-order valence-electron chi connectivity index (χ0n) is 16.4. The smallest absolute Gasteiger partial charge is 0.337 e. The summed E-state index contributed by atoms with van der Waals surface area (Å²) in [6.07, 6.45) is 2.95. The van der Waals surface area contributed by atoms with Gasteiger partial charge in [0.1, 0.15) is 6.04 Å². The van der Waals surface area contributed by atoms with E-state index in [1.165, 1.54) is 6.42 Å². The van der Waals surface area contributed by atoms with Crippen LogP contribution in [-0.2, 0) is 14.4 Å². The van der Waals surface area contributed by atoms with Gasteiger partial charge in [-0.05, 0) is 46.0 Å². The van der Waals surface area contributed by atoms with Gasteiger partial charge < -0.3 is 4.74 Å². The summed E-state index contributed by atoms with van der Waals surface area (Å²) >= 11 is 0. The molecule has 23 heavy (non-hydrogen) atoms. The first kappa shape index (κ1) is 22.1. The molecule has 0 aromatic carbocycles. The molecule has 0 fully saturated rings. The lowest BCUT2D eigenvalue weighted by atomic mass is 9.87. The van der Waals surface area contributed by atoms with E-state index in [-0.39, 0.29) is 17.6 Å². The Kier molecular flexibility index (Phi) is 9.00. The van der Waals surface area contributed by atoms with E-state index in [2.05, 4.69) is 45.1 Å². The number of ether oxygens (including phenoxy) is 1. The van der Waals surface area contributed by atoms with Gasteiger partial charge in [0.05, 0.1) is 0 Å². The Balaban J connectivity index is 0.00000232. The van der Waals surface area contributed by atoms with Crippen LogP contribution in [-0.4, -0.2) is 29.6 Å². The van der Waals surface area contributed by atoms with Gasteiger partial charge in [-0.2, -0.15) is 5.48 Å². The summed E-state index contributed by atoms with van der Waals surface area (Å²) in [5, 5.41) is 0. The van der Waals surface area contributed by atoms with Crippen molar-refractivity contribution in [2.45, 2.75) is 99.3 Å². The minimum atomic E-state index is -0.425. The highest BCUT2D eigenvalue weighted by Crippen LogP contribution is 2.24. The summed E-state index contributed by atoms with van der Waals surface area (Å²) < 4.78 is 5.07. The highest BCUT2D eigenvalue weighted by Gasteiger charge is 2.30. The lowest BCUT2D eigenvalue weighted by Crippen LogP contribution is -2.43. The first-order chi connectivity index (χ1) is 10.5. The van der Waals surface area contributed by atoms with Crippen LogP contribution < -0.4 is 5.48 Å². The normalized spacial score (nSPS) is 19.6. The van der Waals surface area contributed by atoms with E-state index in [1.807, 2.05) is 20.8 Å². The third-order valence-corrected chi connectivity index (χ3v) is 3.46. The Hall–Kier alpha value is -0.940. The zero-order chi connectivity index (χ0) is 18.3. The molecule has 5 nitrogen and oxygen atoms in total. The summed E-state index contributed by atoms with van der Waals surface area (Å²) in [6.45, 7) is 18.5. The maximum Gasteiger partial charge on any atom is 0.337 e. The van der Waals surface area contributed by atoms with Crippen molar-refractivity contribution < 1.29 is 14.4 Å². The van der Waals surface area contributed by atoms with Gasteiger partial charge in [0.15, 0.2) is 6.10 Å². The number of hydroxylamine groups is 1. The Morgan fingerprint density at radius 1 is 1.22 bits per heavy atom. The Morgan fingerprint density at radius 2 is 1.78 bits per heavy atom. The number of rotatable bonds is 7. The van der Waals surface area contributed by atoms with Crippen molar-refractivity contribution in [2.75, 3.05) is 0 Å². The zero-order valence-corrected chi connectivity index (χ0v) is 16.4. The molecule has 0 spiro atoms. The molecule has 1 N–H and O–H groups in total. The van der Waals surface area contributed by atoms with Gasteiger partial charge in [0.2, 0.25) is 5.90 Å². The van der Waals surface area contributed by atoms with Crippen molar-refractivity contribution in [1.82, 2.24) is 5.48 Å². The average Bonchev–Trinajstić information content (AvgIpc) is 2.77. The van der Waals surface area contributed by atoms with Crippen molar-refractivity contribution in [3.63, 3.8) is 0 Å². The summed E-state index contributed by atoms with van der Waals surface area (Å²) in [4.78, 5) is 21.1. The van der Waals surface area contributed by atoms with Crippen LogP contribution in [0.5, 0.6) is 0 Å². The largest absolute Gasteiger partial charge is 0.407 e. The number of carbonyl (C=O) groups is 1. The molecule has 1 heterocycles. The van der Waals surface area contributed by atoms with Crippen molar-refractivity contribution >= 4 is 11.9 Å². The predicted molar refractivity (Wildman–Crippen MR) is 95.4 cm³/mol. The Labute approximate surface area is 142 Å². The van der Waals surface area contributed by atoms with Gasteiger partial charge >= 0.3 is 5.97 Å². The van der Waals surface area contributed by atoms with Crippen LogP contribution in [0.2, 0.25) is 0 Å². The molecule has 0 aromatic heterocycles. The second kappa shape index (κ2) is 9.38. The molecule has 1 rings (SSSR count). The van der Waals surface area contributed by atoms with Crippen LogP contribution in [0.25, 0.3) is 0 Å². The quantitative estimate of drug-likeness (QED) is 0.560. The SMILES string of the molecule is CC.CC1N=C(C(C)ONC(C)(C)CCCC(C)(C)C)OC1=O. The molecule has 1 aliphatic rings. The van der Waals surface area contributed by atoms with Crippen LogP contribution in [0.15, 0.2) is 4.99 Å². The lowest BCUT2D eigenvalue weighted by molar-refractivity contribution is -0.135. The fraction of sp³-hybridized carbons (Fsp3) is 0.889. The molecule has 136 valence electrons. The molecule has 0 aromatic rings. The van der Waals surface area contributed by atoms with Crippen molar-refractivity contribution in [2.24, 2.45) is 10.4 Å². The van der Waals surface area contributed by atoms with Gasteiger partial charge in [-0.15, -0.1) is 0 Å². The minimum absolute atomic E-state index is 0.131. The molecule has 0 aliphatic carbocycles. The highest BCUT2D eigenvalue weighted by atomic mass is 16.7. The first-order valence-electron chi connectivity index (χ1n) is 8.72. The first-order valence-corrected chi connectivity index (χ1v) is 8.72. The Morgan fingerprint density at radius 3 is 2.22 bits per heavy atom. The molecular formula is C18H36N2O3. The topological polar surface area (TPSA) is 59.9 Å². The molecule has 2 atom stereocenters. The minimum Gasteiger partial charge on any atom is -0.407 e. The summed E-state index contributed by atoms with van der Waals surface area (Å²) in [7, 11) is 0.